The van der Waals surface area contributed by atoms with Crippen LogP contribution in [0, 0.1) is 10.1 Å². The lowest BCUT2D eigenvalue weighted by Crippen LogP contribution is -2.44. The number of halogens is 1. The van der Waals surface area contributed by atoms with Gasteiger partial charge in [0.2, 0.25) is 0 Å². The summed E-state index contributed by atoms with van der Waals surface area (Å²) in [5, 5.41) is 17.7. The van der Waals surface area contributed by atoms with E-state index in [4.69, 9.17) is 11.6 Å². The van der Waals surface area contributed by atoms with Gasteiger partial charge in [0.25, 0.3) is 5.69 Å². The molecule has 1 aromatic rings. The van der Waals surface area contributed by atoms with Gasteiger partial charge >= 0.3 is 0 Å². The summed E-state index contributed by atoms with van der Waals surface area (Å²) in [6.45, 7) is 5.85. The molecule has 0 atom stereocenters. The third-order valence-electron chi connectivity index (χ3n) is 3.35. The van der Waals surface area contributed by atoms with Crippen LogP contribution in [0.1, 0.15) is 6.42 Å². The second-order valence-electron chi connectivity index (χ2n) is 4.76. The lowest BCUT2D eigenvalue weighted by Gasteiger charge is -2.27. The lowest BCUT2D eigenvalue weighted by atomic mass is 10.2. The molecule has 0 spiro atoms. The molecule has 6 nitrogen and oxygen atoms in total. The molecule has 0 saturated carbocycles. The first-order valence-corrected chi connectivity index (χ1v) is 7.16. The summed E-state index contributed by atoms with van der Waals surface area (Å²) >= 11 is 6.02. The zero-order chi connectivity index (χ0) is 14.4. The maximum absolute atomic E-state index is 10.9. The van der Waals surface area contributed by atoms with Gasteiger partial charge in [0, 0.05) is 38.8 Å². The van der Waals surface area contributed by atoms with Crippen LogP contribution < -0.4 is 10.6 Å². The minimum atomic E-state index is -0.412. The first-order chi connectivity index (χ1) is 9.68. The SMILES string of the molecule is O=[N+]([O-])c1cccc(Cl)c1NCCCN1CCNCC1. The third kappa shape index (κ3) is 4.06. The summed E-state index contributed by atoms with van der Waals surface area (Å²) in [4.78, 5) is 12.9. The number of benzene rings is 1. The third-order valence-corrected chi connectivity index (χ3v) is 3.67. The van der Waals surface area contributed by atoms with Crippen LogP contribution in [0.2, 0.25) is 5.02 Å². The maximum Gasteiger partial charge on any atom is 0.293 e. The van der Waals surface area contributed by atoms with Crippen LogP contribution in [0.15, 0.2) is 18.2 Å². The van der Waals surface area contributed by atoms with E-state index < -0.39 is 4.92 Å². The Morgan fingerprint density at radius 1 is 1.40 bits per heavy atom. The molecule has 1 aliphatic rings. The number of para-hydroxylation sites is 1. The molecule has 0 aliphatic carbocycles. The topological polar surface area (TPSA) is 70.4 Å². The number of piperazine rings is 1. The van der Waals surface area contributed by atoms with Gasteiger partial charge in [-0.05, 0) is 19.0 Å². The van der Waals surface area contributed by atoms with Crippen molar-refractivity contribution in [2.24, 2.45) is 0 Å². The highest BCUT2D eigenvalue weighted by molar-refractivity contribution is 6.33. The van der Waals surface area contributed by atoms with Crippen molar-refractivity contribution in [3.05, 3.63) is 33.3 Å². The van der Waals surface area contributed by atoms with Crippen molar-refractivity contribution in [3.8, 4) is 0 Å². The fraction of sp³-hybridized carbons (Fsp3) is 0.538. The molecule has 2 N–H and O–H groups in total. The van der Waals surface area contributed by atoms with Crippen molar-refractivity contribution < 1.29 is 4.92 Å². The predicted molar refractivity (Wildman–Crippen MR) is 80.5 cm³/mol. The van der Waals surface area contributed by atoms with Crippen LogP contribution in [-0.4, -0.2) is 49.1 Å². The Morgan fingerprint density at radius 2 is 2.15 bits per heavy atom. The van der Waals surface area contributed by atoms with E-state index >= 15 is 0 Å². The van der Waals surface area contributed by atoms with Crippen LogP contribution in [0.3, 0.4) is 0 Å². The summed E-state index contributed by atoms with van der Waals surface area (Å²) in [5.74, 6) is 0. The van der Waals surface area contributed by atoms with Crippen LogP contribution in [0.25, 0.3) is 0 Å². The molecular weight excluding hydrogens is 280 g/mol. The predicted octanol–water partition coefficient (Wildman–Crippen LogP) is 1.96. The van der Waals surface area contributed by atoms with E-state index in [1.165, 1.54) is 6.07 Å². The van der Waals surface area contributed by atoms with Gasteiger partial charge in [-0.15, -0.1) is 0 Å². The largest absolute Gasteiger partial charge is 0.378 e. The molecule has 0 aromatic heterocycles. The van der Waals surface area contributed by atoms with Gasteiger partial charge in [-0.2, -0.15) is 0 Å². The highest BCUT2D eigenvalue weighted by Gasteiger charge is 2.16. The van der Waals surface area contributed by atoms with Gasteiger partial charge in [-0.3, -0.25) is 10.1 Å². The Kier molecular flexibility index (Phi) is 5.58. The van der Waals surface area contributed by atoms with Crippen LogP contribution in [0.4, 0.5) is 11.4 Å². The van der Waals surface area contributed by atoms with Gasteiger partial charge in [-0.1, -0.05) is 17.7 Å². The van der Waals surface area contributed by atoms with Crippen molar-refractivity contribution in [1.29, 1.82) is 0 Å². The quantitative estimate of drug-likeness (QED) is 0.477. The van der Waals surface area contributed by atoms with Gasteiger partial charge in [-0.25, -0.2) is 0 Å². The number of nitro benzene ring substituents is 1. The van der Waals surface area contributed by atoms with Crippen LogP contribution >= 0.6 is 11.6 Å². The van der Waals surface area contributed by atoms with Crippen molar-refractivity contribution in [2.45, 2.75) is 6.42 Å². The van der Waals surface area contributed by atoms with E-state index in [-0.39, 0.29) is 5.69 Å². The number of anilines is 1. The number of nitrogens with one attached hydrogen (secondary N) is 2. The minimum Gasteiger partial charge on any atom is -0.378 e. The molecule has 1 saturated heterocycles. The summed E-state index contributed by atoms with van der Waals surface area (Å²) in [6.07, 6.45) is 0.933. The lowest BCUT2D eigenvalue weighted by molar-refractivity contribution is -0.383. The van der Waals surface area contributed by atoms with E-state index in [1.807, 2.05) is 0 Å². The van der Waals surface area contributed by atoms with Crippen LogP contribution in [-0.2, 0) is 0 Å². The molecule has 0 unspecified atom stereocenters. The summed E-state index contributed by atoms with van der Waals surface area (Å²) in [5.41, 5.74) is 0.444. The fourth-order valence-electron chi connectivity index (χ4n) is 2.29. The molecule has 0 bridgehead atoms. The van der Waals surface area contributed by atoms with Gasteiger partial charge < -0.3 is 15.5 Å². The smallest absolute Gasteiger partial charge is 0.293 e. The van der Waals surface area contributed by atoms with Crippen molar-refractivity contribution >= 4 is 23.0 Å². The molecule has 1 fully saturated rings. The molecule has 1 aliphatic heterocycles. The Hall–Kier alpha value is -1.37. The Balaban J connectivity index is 1.83. The molecule has 0 radical (unpaired) electrons. The Bertz CT molecular complexity index is 464. The standard InChI is InChI=1S/C13H19ClN4O2/c14-11-3-1-4-12(18(19)20)13(11)16-5-2-8-17-9-6-15-7-10-17/h1,3-4,15-16H,2,5-10H2. The second-order valence-corrected chi connectivity index (χ2v) is 5.17. The molecule has 1 heterocycles. The molecule has 1 aromatic carbocycles. The minimum absolute atomic E-state index is 0.0275. The number of hydrogen-bond donors (Lipinski definition) is 2. The second kappa shape index (κ2) is 7.42. The monoisotopic (exact) mass is 298 g/mol. The normalized spacial score (nSPS) is 16.1. The van der Waals surface area contributed by atoms with E-state index in [0.717, 1.165) is 39.1 Å². The van der Waals surface area contributed by atoms with E-state index in [1.54, 1.807) is 12.1 Å². The van der Waals surface area contributed by atoms with Crippen LogP contribution in [0.5, 0.6) is 0 Å². The van der Waals surface area contributed by atoms with E-state index in [0.29, 0.717) is 17.3 Å². The molecular formula is C13H19ClN4O2. The number of nitrogens with zero attached hydrogens (tertiary/aromatic N) is 2. The Labute approximate surface area is 123 Å². The first-order valence-electron chi connectivity index (χ1n) is 6.78. The number of rotatable bonds is 6. The van der Waals surface area contributed by atoms with E-state index in [9.17, 15) is 10.1 Å². The average Bonchev–Trinajstić information content (AvgIpc) is 2.45. The fourth-order valence-corrected chi connectivity index (χ4v) is 2.53. The van der Waals surface area contributed by atoms with Crippen molar-refractivity contribution in [2.75, 3.05) is 44.6 Å². The maximum atomic E-state index is 10.9. The summed E-state index contributed by atoms with van der Waals surface area (Å²) < 4.78 is 0. The highest BCUT2D eigenvalue weighted by Crippen LogP contribution is 2.31. The summed E-state index contributed by atoms with van der Waals surface area (Å²) in [7, 11) is 0. The molecule has 110 valence electrons. The zero-order valence-corrected chi connectivity index (χ0v) is 12.0. The zero-order valence-electron chi connectivity index (χ0n) is 11.3. The van der Waals surface area contributed by atoms with Gasteiger partial charge in [0.05, 0.1) is 9.95 Å². The van der Waals surface area contributed by atoms with Gasteiger partial charge in [0.15, 0.2) is 0 Å². The molecule has 7 heteroatoms. The molecule has 2 rings (SSSR count). The van der Waals surface area contributed by atoms with Crippen molar-refractivity contribution in [3.63, 3.8) is 0 Å². The van der Waals surface area contributed by atoms with Crippen molar-refractivity contribution in [1.82, 2.24) is 10.2 Å². The Morgan fingerprint density at radius 3 is 2.85 bits per heavy atom. The first kappa shape index (κ1) is 15.0. The summed E-state index contributed by atoms with van der Waals surface area (Å²) in [6, 6.07) is 4.71. The molecule has 20 heavy (non-hydrogen) atoms. The highest BCUT2D eigenvalue weighted by atomic mass is 35.5. The number of nitro groups is 1. The number of hydrogen-bond acceptors (Lipinski definition) is 5. The average molecular weight is 299 g/mol. The van der Waals surface area contributed by atoms with E-state index in [2.05, 4.69) is 15.5 Å². The molecule has 0 amide bonds. The van der Waals surface area contributed by atoms with Gasteiger partial charge in [0.1, 0.15) is 5.69 Å².